The summed E-state index contributed by atoms with van der Waals surface area (Å²) in [6.45, 7) is 1.94. The number of carbonyl (C=O) groups is 1. The van der Waals surface area contributed by atoms with E-state index in [1.807, 2.05) is 0 Å². The van der Waals surface area contributed by atoms with Crippen molar-refractivity contribution < 1.29 is 13.2 Å². The summed E-state index contributed by atoms with van der Waals surface area (Å²) in [4.78, 5) is 10.6. The average molecular weight is 205 g/mol. The quantitative estimate of drug-likeness (QED) is 0.687. The lowest BCUT2D eigenvalue weighted by molar-refractivity contribution is -0.119. The first kappa shape index (κ1) is 10.5. The summed E-state index contributed by atoms with van der Waals surface area (Å²) in [5.74, 6) is 0.558. The lowest BCUT2D eigenvalue weighted by Crippen LogP contribution is -2.34. The monoisotopic (exact) mass is 205 g/mol. The Morgan fingerprint density at radius 2 is 2.23 bits per heavy atom. The Labute approximate surface area is 78.6 Å². The molecule has 1 heterocycles. The van der Waals surface area contributed by atoms with Crippen molar-refractivity contribution in [1.82, 2.24) is 5.32 Å². The second kappa shape index (κ2) is 4.09. The summed E-state index contributed by atoms with van der Waals surface area (Å²) in [6, 6.07) is 0. The number of carbonyl (C=O) groups excluding carboxylic acids is 1. The molecule has 1 aliphatic heterocycles. The van der Waals surface area contributed by atoms with Gasteiger partial charge in [-0.1, -0.05) is 0 Å². The van der Waals surface area contributed by atoms with Crippen LogP contribution in [-0.2, 0) is 14.6 Å². The van der Waals surface area contributed by atoms with Crippen molar-refractivity contribution in [2.45, 2.75) is 19.8 Å². The van der Waals surface area contributed by atoms with Gasteiger partial charge in [0.1, 0.15) is 0 Å². The van der Waals surface area contributed by atoms with Gasteiger partial charge in [0.25, 0.3) is 0 Å². The minimum absolute atomic E-state index is 0.0945. The maximum Gasteiger partial charge on any atom is 0.216 e. The van der Waals surface area contributed by atoms with Crippen LogP contribution in [0.3, 0.4) is 0 Å². The molecule has 13 heavy (non-hydrogen) atoms. The van der Waals surface area contributed by atoms with E-state index in [-0.39, 0.29) is 17.6 Å². The molecule has 4 nitrogen and oxygen atoms in total. The Morgan fingerprint density at radius 3 is 2.77 bits per heavy atom. The largest absolute Gasteiger partial charge is 0.356 e. The molecule has 1 unspecified atom stereocenters. The van der Waals surface area contributed by atoms with Crippen molar-refractivity contribution in [2.24, 2.45) is 5.92 Å². The van der Waals surface area contributed by atoms with Crippen LogP contribution in [0.5, 0.6) is 0 Å². The third kappa shape index (κ3) is 3.76. The molecule has 1 fully saturated rings. The van der Waals surface area contributed by atoms with Gasteiger partial charge in [-0.2, -0.15) is 0 Å². The average Bonchev–Trinajstić information content (AvgIpc) is 1.99. The topological polar surface area (TPSA) is 63.2 Å². The summed E-state index contributed by atoms with van der Waals surface area (Å²) in [5, 5.41) is 2.65. The van der Waals surface area contributed by atoms with Gasteiger partial charge >= 0.3 is 0 Å². The van der Waals surface area contributed by atoms with E-state index in [0.29, 0.717) is 12.3 Å². The second-order valence-corrected chi connectivity index (χ2v) is 5.79. The summed E-state index contributed by atoms with van der Waals surface area (Å²) in [7, 11) is -2.83. The molecule has 0 aromatic rings. The number of hydrogen-bond acceptors (Lipinski definition) is 3. The van der Waals surface area contributed by atoms with E-state index >= 15 is 0 Å². The molecule has 0 aliphatic carbocycles. The van der Waals surface area contributed by atoms with E-state index in [0.717, 1.165) is 12.8 Å². The molecule has 1 aliphatic rings. The highest BCUT2D eigenvalue weighted by Gasteiger charge is 2.24. The molecule has 0 aromatic carbocycles. The Hall–Kier alpha value is -0.580. The van der Waals surface area contributed by atoms with Gasteiger partial charge in [-0.05, 0) is 18.8 Å². The summed E-state index contributed by atoms with van der Waals surface area (Å²) in [6.07, 6.45) is 1.63. The SMILES string of the molecule is CC(=O)NCC1CCCS(=O)(=O)C1. The van der Waals surface area contributed by atoms with Crippen LogP contribution >= 0.6 is 0 Å². The fourth-order valence-corrected chi connectivity index (χ4v) is 3.34. The molecule has 0 saturated carbocycles. The van der Waals surface area contributed by atoms with Crippen LogP contribution in [0.4, 0.5) is 0 Å². The second-order valence-electron chi connectivity index (χ2n) is 3.56. The number of hydrogen-bond donors (Lipinski definition) is 1. The van der Waals surface area contributed by atoms with Gasteiger partial charge in [-0.25, -0.2) is 8.42 Å². The molecule has 1 amide bonds. The molecule has 1 atom stereocenters. The molecule has 1 rings (SSSR count). The highest BCUT2D eigenvalue weighted by atomic mass is 32.2. The van der Waals surface area contributed by atoms with Crippen LogP contribution in [0.1, 0.15) is 19.8 Å². The maximum absolute atomic E-state index is 11.2. The lowest BCUT2D eigenvalue weighted by atomic mass is 10.1. The van der Waals surface area contributed by atoms with Crippen LogP contribution in [-0.4, -0.2) is 32.4 Å². The van der Waals surface area contributed by atoms with Gasteiger partial charge in [-0.15, -0.1) is 0 Å². The molecule has 76 valence electrons. The molecule has 5 heteroatoms. The predicted octanol–water partition coefficient (Wildman–Crippen LogP) is -0.0527. The zero-order valence-electron chi connectivity index (χ0n) is 7.75. The van der Waals surface area contributed by atoms with Crippen molar-refractivity contribution in [2.75, 3.05) is 18.1 Å². The molecule has 0 bridgehead atoms. The smallest absolute Gasteiger partial charge is 0.216 e. The van der Waals surface area contributed by atoms with Gasteiger partial charge in [0.2, 0.25) is 5.91 Å². The molecule has 0 aromatic heterocycles. The van der Waals surface area contributed by atoms with Gasteiger partial charge in [0.15, 0.2) is 9.84 Å². The molecule has 1 N–H and O–H groups in total. The molecular weight excluding hydrogens is 190 g/mol. The first-order valence-corrected chi connectivity index (χ1v) is 6.26. The van der Waals surface area contributed by atoms with Crippen LogP contribution in [0.2, 0.25) is 0 Å². The minimum atomic E-state index is -2.83. The Morgan fingerprint density at radius 1 is 1.54 bits per heavy atom. The number of nitrogens with one attached hydrogen (secondary N) is 1. The lowest BCUT2D eigenvalue weighted by Gasteiger charge is -2.21. The van der Waals surface area contributed by atoms with Gasteiger partial charge in [0, 0.05) is 13.5 Å². The van der Waals surface area contributed by atoms with Crippen molar-refractivity contribution in [3.05, 3.63) is 0 Å². The van der Waals surface area contributed by atoms with Crippen LogP contribution in [0.15, 0.2) is 0 Å². The third-order valence-electron chi connectivity index (χ3n) is 2.20. The number of amides is 1. The van der Waals surface area contributed by atoms with Gasteiger partial charge in [0.05, 0.1) is 11.5 Å². The van der Waals surface area contributed by atoms with E-state index in [2.05, 4.69) is 5.32 Å². The van der Waals surface area contributed by atoms with E-state index in [1.54, 1.807) is 0 Å². The zero-order valence-corrected chi connectivity index (χ0v) is 8.56. The Bertz CT molecular complexity index is 284. The van der Waals surface area contributed by atoms with Crippen LogP contribution in [0, 0.1) is 5.92 Å². The fraction of sp³-hybridized carbons (Fsp3) is 0.875. The van der Waals surface area contributed by atoms with Gasteiger partial charge in [-0.3, -0.25) is 4.79 Å². The molecule has 1 saturated heterocycles. The number of rotatable bonds is 2. The van der Waals surface area contributed by atoms with Crippen molar-refractivity contribution >= 4 is 15.7 Å². The highest BCUT2D eigenvalue weighted by Crippen LogP contribution is 2.17. The third-order valence-corrected chi connectivity index (χ3v) is 4.09. The van der Waals surface area contributed by atoms with Crippen LogP contribution in [0.25, 0.3) is 0 Å². The normalized spacial score (nSPS) is 26.7. The summed E-state index contributed by atoms with van der Waals surface area (Å²) < 4.78 is 22.4. The van der Waals surface area contributed by atoms with Crippen molar-refractivity contribution in [3.63, 3.8) is 0 Å². The standard InChI is InChI=1S/C8H15NO3S/c1-7(10)9-5-8-3-2-4-13(11,12)6-8/h8H,2-6H2,1H3,(H,9,10). The van der Waals surface area contributed by atoms with Crippen molar-refractivity contribution in [3.8, 4) is 0 Å². The Kier molecular flexibility index (Phi) is 3.30. The van der Waals surface area contributed by atoms with Gasteiger partial charge < -0.3 is 5.32 Å². The number of sulfone groups is 1. The van der Waals surface area contributed by atoms with Crippen LogP contribution < -0.4 is 5.32 Å². The molecular formula is C8H15NO3S. The fourth-order valence-electron chi connectivity index (χ4n) is 1.57. The van der Waals surface area contributed by atoms with E-state index < -0.39 is 9.84 Å². The maximum atomic E-state index is 11.2. The zero-order chi connectivity index (χ0) is 9.90. The van der Waals surface area contributed by atoms with E-state index in [1.165, 1.54) is 6.92 Å². The first-order valence-electron chi connectivity index (χ1n) is 4.44. The van der Waals surface area contributed by atoms with E-state index in [4.69, 9.17) is 0 Å². The Balaban J connectivity index is 2.39. The molecule has 0 radical (unpaired) electrons. The summed E-state index contributed by atoms with van der Waals surface area (Å²) in [5.41, 5.74) is 0. The first-order chi connectivity index (χ1) is 5.99. The molecule has 0 spiro atoms. The van der Waals surface area contributed by atoms with E-state index in [9.17, 15) is 13.2 Å². The predicted molar refractivity (Wildman–Crippen MR) is 50.1 cm³/mol. The van der Waals surface area contributed by atoms with Crippen molar-refractivity contribution in [1.29, 1.82) is 0 Å². The summed E-state index contributed by atoms with van der Waals surface area (Å²) >= 11 is 0. The minimum Gasteiger partial charge on any atom is -0.356 e. The highest BCUT2D eigenvalue weighted by molar-refractivity contribution is 7.91.